The number of rotatable bonds is 3. The van der Waals surface area contributed by atoms with Crippen molar-refractivity contribution in [1.29, 1.82) is 0 Å². The average molecular weight is 358 g/mol. The fourth-order valence-corrected chi connectivity index (χ4v) is 3.34. The van der Waals surface area contributed by atoms with Crippen molar-refractivity contribution in [3.8, 4) is 0 Å². The van der Waals surface area contributed by atoms with Crippen LogP contribution in [-0.2, 0) is 10.1 Å². The van der Waals surface area contributed by atoms with Crippen LogP contribution >= 0.6 is 0 Å². The molecule has 1 aliphatic rings. The zero-order valence-corrected chi connectivity index (χ0v) is 17.0. The Labute approximate surface area is 178 Å². The molecule has 1 N–H and O–H groups in total. The number of nitrogens with zero attached hydrogens (tertiary/aromatic N) is 3. The average Bonchev–Trinajstić information content (AvgIpc) is 2.52. The van der Waals surface area contributed by atoms with Crippen molar-refractivity contribution in [2.75, 3.05) is 13.1 Å². The first-order valence-corrected chi connectivity index (χ1v) is 8.65. The first-order valence-electron chi connectivity index (χ1n) is 7.21. The van der Waals surface area contributed by atoms with Crippen LogP contribution in [0.1, 0.15) is 19.3 Å². The maximum absolute atomic E-state index is 11.5. The van der Waals surface area contributed by atoms with Gasteiger partial charge >= 0.3 is 51.4 Å². The SMILES string of the molecule is O=S(=O)(O)c1ccc(N=NN2CCCCC2)c2ccccc12.[K+]. The topological polar surface area (TPSA) is 82.3 Å². The third-order valence-corrected chi connectivity index (χ3v) is 4.66. The van der Waals surface area contributed by atoms with E-state index in [1.54, 1.807) is 30.3 Å². The van der Waals surface area contributed by atoms with E-state index in [0.29, 0.717) is 16.5 Å². The molecule has 0 unspecified atom stereocenters. The van der Waals surface area contributed by atoms with Gasteiger partial charge in [0.2, 0.25) is 0 Å². The van der Waals surface area contributed by atoms with Crippen molar-refractivity contribution in [1.82, 2.24) is 5.01 Å². The first-order chi connectivity index (χ1) is 10.6. The van der Waals surface area contributed by atoms with Crippen molar-refractivity contribution in [2.45, 2.75) is 24.2 Å². The van der Waals surface area contributed by atoms with Crippen molar-refractivity contribution in [2.24, 2.45) is 10.3 Å². The minimum Gasteiger partial charge on any atom is -0.282 e. The molecule has 1 aliphatic heterocycles. The number of fused-ring (bicyclic) bond motifs is 1. The van der Waals surface area contributed by atoms with E-state index < -0.39 is 10.1 Å². The van der Waals surface area contributed by atoms with Crippen molar-refractivity contribution in [3.05, 3.63) is 36.4 Å². The van der Waals surface area contributed by atoms with Crippen LogP contribution in [0.3, 0.4) is 0 Å². The molecule has 0 atom stereocenters. The summed E-state index contributed by atoms with van der Waals surface area (Å²) < 4.78 is 32.2. The summed E-state index contributed by atoms with van der Waals surface area (Å²) in [6.45, 7) is 1.79. The summed E-state index contributed by atoms with van der Waals surface area (Å²) in [5.74, 6) is 0. The van der Waals surface area contributed by atoms with Crippen molar-refractivity contribution >= 4 is 26.6 Å². The van der Waals surface area contributed by atoms with E-state index in [2.05, 4.69) is 10.3 Å². The minimum atomic E-state index is -4.26. The zero-order valence-electron chi connectivity index (χ0n) is 13.0. The third kappa shape index (κ3) is 4.59. The molecule has 1 heterocycles. The van der Waals surface area contributed by atoms with Gasteiger partial charge in [-0.2, -0.15) is 8.42 Å². The quantitative estimate of drug-likeness (QED) is 0.494. The van der Waals surface area contributed by atoms with E-state index in [1.165, 1.54) is 12.5 Å². The number of hydrogen-bond donors (Lipinski definition) is 1. The van der Waals surface area contributed by atoms with Gasteiger partial charge in [-0.05, 0) is 31.4 Å². The summed E-state index contributed by atoms with van der Waals surface area (Å²) in [7, 11) is -4.26. The molecule has 0 spiro atoms. The molecule has 0 aromatic heterocycles. The Morgan fingerprint density at radius 1 is 0.957 bits per heavy atom. The molecule has 0 amide bonds. The Kier molecular flexibility index (Phi) is 6.73. The minimum absolute atomic E-state index is 0. The predicted octanol–water partition coefficient (Wildman–Crippen LogP) is 0.575. The number of piperidine rings is 1. The maximum Gasteiger partial charge on any atom is 1.00 e. The molecule has 0 radical (unpaired) electrons. The van der Waals surface area contributed by atoms with E-state index in [1.807, 2.05) is 5.01 Å². The Bertz CT molecular complexity index is 818. The molecule has 1 saturated heterocycles. The molecule has 2 aromatic carbocycles. The van der Waals surface area contributed by atoms with Crippen LogP contribution in [0, 0.1) is 0 Å². The smallest absolute Gasteiger partial charge is 0.282 e. The van der Waals surface area contributed by atoms with Crippen molar-refractivity contribution in [3.63, 3.8) is 0 Å². The van der Waals surface area contributed by atoms with E-state index in [4.69, 9.17) is 0 Å². The summed E-state index contributed by atoms with van der Waals surface area (Å²) in [6.07, 6.45) is 3.45. The fraction of sp³-hybridized carbons (Fsp3) is 0.333. The Morgan fingerprint density at radius 2 is 1.61 bits per heavy atom. The zero-order chi connectivity index (χ0) is 15.6. The molecule has 1 fully saturated rings. The molecule has 0 saturated carbocycles. The Morgan fingerprint density at radius 3 is 2.26 bits per heavy atom. The molecule has 6 nitrogen and oxygen atoms in total. The van der Waals surface area contributed by atoms with Gasteiger partial charge < -0.3 is 0 Å². The fourth-order valence-electron chi connectivity index (χ4n) is 2.65. The molecule has 0 bridgehead atoms. The van der Waals surface area contributed by atoms with Gasteiger partial charge in [0.25, 0.3) is 10.1 Å². The van der Waals surface area contributed by atoms with Crippen LogP contribution in [-0.4, -0.2) is 31.1 Å². The van der Waals surface area contributed by atoms with Gasteiger partial charge in [0.05, 0.1) is 5.69 Å². The van der Waals surface area contributed by atoms with Gasteiger partial charge in [-0.25, -0.2) is 0 Å². The second-order valence-electron chi connectivity index (χ2n) is 5.31. The van der Waals surface area contributed by atoms with Gasteiger partial charge in [-0.3, -0.25) is 9.56 Å². The second-order valence-corrected chi connectivity index (χ2v) is 6.70. The summed E-state index contributed by atoms with van der Waals surface area (Å²) in [6, 6.07) is 9.88. The van der Waals surface area contributed by atoms with Gasteiger partial charge in [0.15, 0.2) is 0 Å². The van der Waals surface area contributed by atoms with E-state index in [0.717, 1.165) is 25.9 Å². The van der Waals surface area contributed by atoms with E-state index in [-0.39, 0.29) is 56.3 Å². The second kappa shape index (κ2) is 8.15. The molecule has 8 heteroatoms. The Hall–Kier alpha value is -0.354. The number of hydrogen-bond acceptors (Lipinski definition) is 4. The molecule has 3 rings (SSSR count). The van der Waals surface area contributed by atoms with E-state index >= 15 is 0 Å². The predicted molar refractivity (Wildman–Crippen MR) is 83.7 cm³/mol. The molecular weight excluding hydrogens is 341 g/mol. The maximum atomic E-state index is 11.5. The summed E-state index contributed by atoms with van der Waals surface area (Å²) >= 11 is 0. The molecular formula is C15H17KN3O3S+. The van der Waals surface area contributed by atoms with Gasteiger partial charge in [0, 0.05) is 23.9 Å². The van der Waals surface area contributed by atoms with Gasteiger partial charge in [-0.1, -0.05) is 29.5 Å². The van der Waals surface area contributed by atoms with E-state index in [9.17, 15) is 13.0 Å². The Balaban J connectivity index is 0.00000192. The van der Waals surface area contributed by atoms with Crippen molar-refractivity contribution < 1.29 is 64.4 Å². The summed E-state index contributed by atoms with van der Waals surface area (Å²) in [5, 5.41) is 11.5. The van der Waals surface area contributed by atoms with Gasteiger partial charge in [-0.15, -0.1) is 5.11 Å². The molecule has 0 aliphatic carbocycles. The summed E-state index contributed by atoms with van der Waals surface area (Å²) in [5.41, 5.74) is 0.591. The molecule has 2 aromatic rings. The number of benzene rings is 2. The van der Waals surface area contributed by atoms with Crippen LogP contribution in [0.4, 0.5) is 5.69 Å². The largest absolute Gasteiger partial charge is 1.00 e. The normalized spacial score (nSPS) is 15.8. The van der Waals surface area contributed by atoms with Crippen LogP contribution in [0.5, 0.6) is 0 Å². The van der Waals surface area contributed by atoms with Crippen LogP contribution < -0.4 is 51.4 Å². The monoisotopic (exact) mass is 358 g/mol. The standard InChI is InChI=1S/C15H17N3O3S.K/c19-22(20,21)15-9-8-14(12-6-2-3-7-13(12)15)16-17-18-10-4-1-5-11-18;/h2-3,6-9H,1,4-5,10-11H2,(H,19,20,21);/q;+1. The third-order valence-electron chi connectivity index (χ3n) is 3.75. The van der Waals surface area contributed by atoms with Gasteiger partial charge in [0.1, 0.15) is 4.90 Å². The first kappa shape index (κ1) is 19.0. The van der Waals surface area contributed by atoms with Crippen LogP contribution in [0.25, 0.3) is 10.8 Å². The summed E-state index contributed by atoms with van der Waals surface area (Å²) in [4.78, 5) is -0.111. The van der Waals surface area contributed by atoms with Crippen LogP contribution in [0.2, 0.25) is 0 Å². The molecule has 23 heavy (non-hydrogen) atoms. The molecule has 116 valence electrons. The van der Waals surface area contributed by atoms with Crippen LogP contribution in [0.15, 0.2) is 51.6 Å².